The van der Waals surface area contributed by atoms with Gasteiger partial charge < -0.3 is 9.47 Å². The normalized spacial score (nSPS) is 9.56. The van der Waals surface area contributed by atoms with Gasteiger partial charge >= 0.3 is 5.97 Å². The van der Waals surface area contributed by atoms with Gasteiger partial charge in [-0.05, 0) is 24.3 Å². The second-order valence-corrected chi connectivity index (χ2v) is 3.23. The summed E-state index contributed by atoms with van der Waals surface area (Å²) in [5.41, 5.74) is 0.618. The lowest BCUT2D eigenvalue weighted by Crippen LogP contribution is -2.05. The van der Waals surface area contributed by atoms with Crippen LogP contribution in [0.15, 0.2) is 24.3 Å². The largest absolute Gasteiger partial charge is 0.493 e. The van der Waals surface area contributed by atoms with E-state index in [2.05, 4.69) is 0 Å². The van der Waals surface area contributed by atoms with Crippen LogP contribution in [0, 0.1) is 0 Å². The molecule has 16 heavy (non-hydrogen) atoms. The second-order valence-electron chi connectivity index (χ2n) is 3.23. The van der Waals surface area contributed by atoms with Gasteiger partial charge in [-0.2, -0.15) is 0 Å². The maximum atomic E-state index is 10.5. The van der Waals surface area contributed by atoms with E-state index in [-0.39, 0.29) is 5.97 Å². The summed E-state index contributed by atoms with van der Waals surface area (Å²) in [6, 6.07) is 6.84. The molecule has 86 valence electrons. The first kappa shape index (κ1) is 12.2. The average molecular weight is 222 g/mol. The molecule has 0 atom stereocenters. The molecule has 0 unspecified atom stereocenters. The third-order valence-electron chi connectivity index (χ3n) is 1.88. The summed E-state index contributed by atoms with van der Waals surface area (Å²) in [4.78, 5) is 20.8. The quantitative estimate of drug-likeness (QED) is 0.418. The van der Waals surface area contributed by atoms with Crippen molar-refractivity contribution in [2.75, 3.05) is 13.2 Å². The third kappa shape index (κ3) is 4.59. The van der Waals surface area contributed by atoms with Gasteiger partial charge in [0.15, 0.2) is 0 Å². The molecule has 1 aromatic carbocycles. The van der Waals surface area contributed by atoms with Crippen molar-refractivity contribution in [3.63, 3.8) is 0 Å². The number of hydrogen-bond acceptors (Lipinski definition) is 4. The van der Waals surface area contributed by atoms with Crippen molar-refractivity contribution in [2.24, 2.45) is 0 Å². The summed E-state index contributed by atoms with van der Waals surface area (Å²) in [6.45, 7) is 2.22. The fourth-order valence-electron chi connectivity index (χ4n) is 1.11. The Hall–Kier alpha value is -1.84. The lowest BCUT2D eigenvalue weighted by molar-refractivity contribution is -0.141. The van der Waals surface area contributed by atoms with Gasteiger partial charge in [-0.3, -0.25) is 9.59 Å². The molecule has 0 N–H and O–H groups in total. The van der Waals surface area contributed by atoms with Gasteiger partial charge in [-0.1, -0.05) is 0 Å². The van der Waals surface area contributed by atoms with Crippen LogP contribution in [-0.4, -0.2) is 25.5 Å². The van der Waals surface area contributed by atoms with E-state index in [0.717, 1.165) is 6.29 Å². The molecule has 0 spiro atoms. The Morgan fingerprint density at radius 1 is 1.25 bits per heavy atom. The molecule has 4 nitrogen and oxygen atoms in total. The van der Waals surface area contributed by atoms with E-state index in [1.54, 1.807) is 24.3 Å². The average Bonchev–Trinajstić information content (AvgIpc) is 2.29. The standard InChI is InChI=1S/C12H14O4/c1-10(14)15-7-2-8-16-12-5-3-11(9-13)4-6-12/h3-6,9H,2,7-8H2,1H3. The summed E-state index contributed by atoms with van der Waals surface area (Å²) >= 11 is 0. The van der Waals surface area contributed by atoms with Crippen molar-refractivity contribution >= 4 is 12.3 Å². The lowest BCUT2D eigenvalue weighted by Gasteiger charge is -2.06. The Morgan fingerprint density at radius 3 is 2.50 bits per heavy atom. The van der Waals surface area contributed by atoms with E-state index in [4.69, 9.17) is 9.47 Å². The molecular formula is C12H14O4. The number of esters is 1. The maximum absolute atomic E-state index is 10.5. The summed E-state index contributed by atoms with van der Waals surface area (Å²) in [5.74, 6) is 0.420. The first-order valence-electron chi connectivity index (χ1n) is 5.04. The van der Waals surface area contributed by atoms with Crippen molar-refractivity contribution in [3.05, 3.63) is 29.8 Å². The van der Waals surface area contributed by atoms with Crippen molar-refractivity contribution in [3.8, 4) is 5.75 Å². The van der Waals surface area contributed by atoms with E-state index in [1.165, 1.54) is 6.92 Å². The van der Waals surface area contributed by atoms with Crippen molar-refractivity contribution in [1.82, 2.24) is 0 Å². The van der Waals surface area contributed by atoms with Gasteiger partial charge in [0.1, 0.15) is 12.0 Å². The van der Waals surface area contributed by atoms with Gasteiger partial charge in [0.25, 0.3) is 0 Å². The Bertz CT molecular complexity index is 343. The van der Waals surface area contributed by atoms with Crippen LogP contribution in [0.25, 0.3) is 0 Å². The predicted octanol–water partition coefficient (Wildman–Crippen LogP) is 1.83. The fraction of sp³-hybridized carbons (Fsp3) is 0.333. The maximum Gasteiger partial charge on any atom is 0.302 e. The van der Waals surface area contributed by atoms with E-state index in [0.29, 0.717) is 30.9 Å². The molecule has 0 aliphatic rings. The molecule has 0 fully saturated rings. The molecule has 1 rings (SSSR count). The number of aldehydes is 1. The molecule has 1 aromatic rings. The topological polar surface area (TPSA) is 52.6 Å². The van der Waals surface area contributed by atoms with Gasteiger partial charge in [-0.25, -0.2) is 0 Å². The van der Waals surface area contributed by atoms with Gasteiger partial charge in [-0.15, -0.1) is 0 Å². The minimum Gasteiger partial charge on any atom is -0.493 e. The van der Waals surface area contributed by atoms with Crippen LogP contribution in [0.3, 0.4) is 0 Å². The molecule has 0 heterocycles. The van der Waals surface area contributed by atoms with Crippen molar-refractivity contribution in [1.29, 1.82) is 0 Å². The van der Waals surface area contributed by atoms with Crippen LogP contribution in [0.4, 0.5) is 0 Å². The highest BCUT2D eigenvalue weighted by Gasteiger charge is 1.96. The highest BCUT2D eigenvalue weighted by atomic mass is 16.5. The monoisotopic (exact) mass is 222 g/mol. The number of hydrogen-bond donors (Lipinski definition) is 0. The highest BCUT2D eigenvalue weighted by molar-refractivity contribution is 5.74. The van der Waals surface area contributed by atoms with Crippen LogP contribution < -0.4 is 4.74 Å². The Kier molecular flexibility index (Phi) is 5.05. The molecule has 0 aliphatic carbocycles. The number of benzene rings is 1. The summed E-state index contributed by atoms with van der Waals surface area (Å²) < 4.78 is 10.1. The molecular weight excluding hydrogens is 208 g/mol. The molecule has 0 amide bonds. The van der Waals surface area contributed by atoms with Gasteiger partial charge in [0.2, 0.25) is 0 Å². The lowest BCUT2D eigenvalue weighted by atomic mass is 10.2. The first-order valence-corrected chi connectivity index (χ1v) is 5.04. The molecule has 0 radical (unpaired) electrons. The van der Waals surface area contributed by atoms with Crippen LogP contribution in [0.5, 0.6) is 5.75 Å². The molecule has 4 heteroatoms. The zero-order chi connectivity index (χ0) is 11.8. The minimum atomic E-state index is -0.282. The van der Waals surface area contributed by atoms with E-state index < -0.39 is 0 Å². The van der Waals surface area contributed by atoms with Crippen LogP contribution in [-0.2, 0) is 9.53 Å². The SMILES string of the molecule is CC(=O)OCCCOc1ccc(C=O)cc1. The van der Waals surface area contributed by atoms with E-state index in [1.807, 2.05) is 0 Å². The number of carbonyl (C=O) groups is 2. The number of ether oxygens (including phenoxy) is 2. The molecule has 0 saturated heterocycles. The van der Waals surface area contributed by atoms with E-state index in [9.17, 15) is 9.59 Å². The Morgan fingerprint density at radius 2 is 1.94 bits per heavy atom. The zero-order valence-electron chi connectivity index (χ0n) is 9.14. The number of rotatable bonds is 6. The van der Waals surface area contributed by atoms with E-state index >= 15 is 0 Å². The second kappa shape index (κ2) is 6.61. The summed E-state index contributed by atoms with van der Waals surface area (Å²) in [5, 5.41) is 0. The molecule has 0 aromatic heterocycles. The molecule has 0 bridgehead atoms. The summed E-state index contributed by atoms with van der Waals surface area (Å²) in [7, 11) is 0. The Balaban J connectivity index is 2.21. The first-order chi connectivity index (χ1) is 7.72. The highest BCUT2D eigenvalue weighted by Crippen LogP contribution is 2.11. The summed E-state index contributed by atoms with van der Waals surface area (Å²) in [6.07, 6.45) is 1.43. The zero-order valence-corrected chi connectivity index (χ0v) is 9.14. The van der Waals surface area contributed by atoms with Crippen molar-refractivity contribution in [2.45, 2.75) is 13.3 Å². The molecule has 0 aliphatic heterocycles. The smallest absolute Gasteiger partial charge is 0.302 e. The fourth-order valence-corrected chi connectivity index (χ4v) is 1.11. The number of carbonyl (C=O) groups excluding carboxylic acids is 2. The van der Waals surface area contributed by atoms with Gasteiger partial charge in [0.05, 0.1) is 13.2 Å². The van der Waals surface area contributed by atoms with Crippen LogP contribution in [0.1, 0.15) is 23.7 Å². The Labute approximate surface area is 94.2 Å². The van der Waals surface area contributed by atoms with Crippen LogP contribution >= 0.6 is 0 Å². The van der Waals surface area contributed by atoms with Crippen LogP contribution in [0.2, 0.25) is 0 Å². The predicted molar refractivity (Wildman–Crippen MR) is 58.6 cm³/mol. The van der Waals surface area contributed by atoms with Crippen molar-refractivity contribution < 1.29 is 19.1 Å². The third-order valence-corrected chi connectivity index (χ3v) is 1.88. The minimum absolute atomic E-state index is 0.282. The van der Waals surface area contributed by atoms with Gasteiger partial charge in [0, 0.05) is 18.9 Å². The molecule has 0 saturated carbocycles.